The van der Waals surface area contributed by atoms with E-state index in [1.54, 1.807) is 11.3 Å². The third-order valence-electron chi connectivity index (χ3n) is 4.90. The lowest BCUT2D eigenvalue weighted by Gasteiger charge is -2.36. The molecule has 0 spiro atoms. The zero-order valence-corrected chi connectivity index (χ0v) is 15.1. The zero-order valence-electron chi connectivity index (χ0n) is 14.3. The van der Waals surface area contributed by atoms with Crippen LogP contribution in [0.15, 0.2) is 0 Å². The van der Waals surface area contributed by atoms with E-state index >= 15 is 0 Å². The molecule has 3 N–H and O–H groups in total. The van der Waals surface area contributed by atoms with Crippen LogP contribution in [0.5, 0.6) is 0 Å². The first-order valence-corrected chi connectivity index (χ1v) is 9.05. The number of nitrogens with two attached hydrogens (primary N) is 1. The molecule has 1 heterocycles. The summed E-state index contributed by atoms with van der Waals surface area (Å²) in [7, 11) is 0. The van der Waals surface area contributed by atoms with Gasteiger partial charge in [-0.1, -0.05) is 19.3 Å². The fourth-order valence-corrected chi connectivity index (χ4v) is 4.25. The van der Waals surface area contributed by atoms with Gasteiger partial charge in [-0.15, -0.1) is 11.3 Å². The molecule has 22 heavy (non-hydrogen) atoms. The number of thiazole rings is 1. The molecule has 0 bridgehead atoms. The Hall–Kier alpha value is -0.940. The largest absolute Gasteiger partial charge is 0.345 e. The van der Waals surface area contributed by atoms with E-state index in [0.29, 0.717) is 13.0 Å². The second kappa shape index (κ2) is 6.67. The van der Waals surface area contributed by atoms with Crippen LogP contribution < -0.4 is 11.1 Å². The van der Waals surface area contributed by atoms with Gasteiger partial charge in [-0.2, -0.15) is 0 Å². The van der Waals surface area contributed by atoms with Crippen LogP contribution in [0.2, 0.25) is 0 Å². The van der Waals surface area contributed by atoms with Crippen molar-refractivity contribution in [1.29, 1.82) is 0 Å². The summed E-state index contributed by atoms with van der Waals surface area (Å²) in [5.41, 5.74) is 6.63. The van der Waals surface area contributed by atoms with Gasteiger partial charge >= 0.3 is 0 Å². The molecule has 0 aliphatic heterocycles. The number of nitrogens with zero attached hydrogens (tertiary/aromatic N) is 1. The molecule has 0 atom stereocenters. The molecule has 1 aromatic heterocycles. The van der Waals surface area contributed by atoms with Gasteiger partial charge in [0.15, 0.2) is 0 Å². The molecule has 0 unspecified atom stereocenters. The second-order valence-electron chi connectivity index (χ2n) is 7.28. The van der Waals surface area contributed by atoms with Crippen LogP contribution in [-0.4, -0.2) is 17.4 Å². The first-order chi connectivity index (χ1) is 10.3. The van der Waals surface area contributed by atoms with Crippen LogP contribution in [0.4, 0.5) is 0 Å². The van der Waals surface area contributed by atoms with Crippen LogP contribution in [0.3, 0.4) is 0 Å². The number of hydrogen-bond acceptors (Lipinski definition) is 4. The molecule has 1 aliphatic carbocycles. The van der Waals surface area contributed by atoms with Crippen molar-refractivity contribution in [3.05, 3.63) is 15.6 Å². The summed E-state index contributed by atoms with van der Waals surface area (Å²) in [4.78, 5) is 18.4. The second-order valence-corrected chi connectivity index (χ2v) is 8.48. The summed E-state index contributed by atoms with van der Waals surface area (Å²) < 4.78 is 0. The lowest BCUT2D eigenvalue weighted by Crippen LogP contribution is -2.45. The van der Waals surface area contributed by atoms with Gasteiger partial charge in [0, 0.05) is 11.3 Å². The summed E-state index contributed by atoms with van der Waals surface area (Å²) in [6.45, 7) is 8.74. The highest BCUT2D eigenvalue weighted by Gasteiger charge is 2.35. The van der Waals surface area contributed by atoms with Crippen LogP contribution in [-0.2, 0) is 10.3 Å². The van der Waals surface area contributed by atoms with Crippen molar-refractivity contribution in [3.63, 3.8) is 0 Å². The third kappa shape index (κ3) is 3.87. The molecule has 1 aliphatic rings. The molecule has 0 aromatic carbocycles. The molecular weight excluding hydrogens is 294 g/mol. The SMILES string of the molecule is Cc1nc(C(C)(C)NC(=O)CC2(CN)CCCCC2)sc1C. The number of carbonyl (C=O) groups excluding carboxylic acids is 1. The average molecular weight is 324 g/mol. The van der Waals surface area contributed by atoms with Gasteiger partial charge in [-0.3, -0.25) is 4.79 Å². The van der Waals surface area contributed by atoms with Gasteiger partial charge in [0.25, 0.3) is 0 Å². The lowest BCUT2D eigenvalue weighted by atomic mass is 9.71. The molecule has 1 fully saturated rings. The molecule has 2 rings (SSSR count). The maximum Gasteiger partial charge on any atom is 0.221 e. The first kappa shape index (κ1) is 17.4. The summed E-state index contributed by atoms with van der Waals surface area (Å²) in [6, 6.07) is 0. The summed E-state index contributed by atoms with van der Waals surface area (Å²) in [5.74, 6) is 0.0999. The number of rotatable bonds is 5. The summed E-state index contributed by atoms with van der Waals surface area (Å²) in [6.07, 6.45) is 6.35. The molecule has 5 heteroatoms. The standard InChI is InChI=1S/C17H29N3OS/c1-12-13(2)22-15(19-12)16(3,4)20-14(21)10-17(11-18)8-6-5-7-9-17/h5-11,18H2,1-4H3,(H,20,21). The van der Waals surface area contributed by atoms with Gasteiger partial charge in [0.1, 0.15) is 5.01 Å². The molecule has 124 valence electrons. The van der Waals surface area contributed by atoms with Gasteiger partial charge in [0.05, 0.1) is 11.2 Å². The lowest BCUT2D eigenvalue weighted by molar-refractivity contribution is -0.125. The average Bonchev–Trinajstić information content (AvgIpc) is 2.80. The van der Waals surface area contributed by atoms with Crippen molar-refractivity contribution in [1.82, 2.24) is 10.3 Å². The van der Waals surface area contributed by atoms with Crippen molar-refractivity contribution >= 4 is 17.2 Å². The topological polar surface area (TPSA) is 68.0 Å². The predicted molar refractivity (Wildman–Crippen MR) is 91.9 cm³/mol. The van der Waals surface area contributed by atoms with Gasteiger partial charge in [0.2, 0.25) is 5.91 Å². The quantitative estimate of drug-likeness (QED) is 0.872. The Morgan fingerprint density at radius 2 is 1.95 bits per heavy atom. The highest BCUT2D eigenvalue weighted by Crippen LogP contribution is 2.38. The van der Waals surface area contributed by atoms with Crippen molar-refractivity contribution < 1.29 is 4.79 Å². The predicted octanol–water partition coefficient (Wildman–Crippen LogP) is 3.41. The number of amides is 1. The number of nitrogens with one attached hydrogen (secondary N) is 1. The monoisotopic (exact) mass is 323 g/mol. The highest BCUT2D eigenvalue weighted by atomic mass is 32.1. The van der Waals surface area contributed by atoms with E-state index in [2.05, 4.69) is 17.2 Å². The van der Waals surface area contributed by atoms with Crippen molar-refractivity contribution in [2.45, 2.75) is 71.8 Å². The van der Waals surface area contributed by atoms with E-state index in [-0.39, 0.29) is 11.3 Å². The van der Waals surface area contributed by atoms with Crippen LogP contribution in [0.25, 0.3) is 0 Å². The van der Waals surface area contributed by atoms with Crippen LogP contribution in [0, 0.1) is 19.3 Å². The molecule has 1 aromatic rings. The molecule has 4 nitrogen and oxygen atoms in total. The van der Waals surface area contributed by atoms with E-state index in [1.165, 1.54) is 24.1 Å². The van der Waals surface area contributed by atoms with Crippen LogP contribution in [0.1, 0.15) is 68.0 Å². The Balaban J connectivity index is 2.03. The van der Waals surface area contributed by atoms with Crippen LogP contribution >= 0.6 is 11.3 Å². The third-order valence-corrected chi connectivity index (χ3v) is 6.29. The maximum atomic E-state index is 12.6. The minimum Gasteiger partial charge on any atom is -0.345 e. The van der Waals surface area contributed by atoms with Crippen molar-refractivity contribution in [2.24, 2.45) is 11.1 Å². The minimum absolute atomic E-state index is 0.00707. The molecule has 1 amide bonds. The highest BCUT2D eigenvalue weighted by molar-refractivity contribution is 7.11. The normalized spacial score (nSPS) is 18.2. The smallest absolute Gasteiger partial charge is 0.221 e. The van der Waals surface area contributed by atoms with Crippen molar-refractivity contribution in [2.75, 3.05) is 6.54 Å². The Bertz CT molecular complexity index is 511. The van der Waals surface area contributed by atoms with Gasteiger partial charge < -0.3 is 11.1 Å². The van der Waals surface area contributed by atoms with E-state index in [4.69, 9.17) is 5.73 Å². The summed E-state index contributed by atoms with van der Waals surface area (Å²) >= 11 is 1.66. The minimum atomic E-state index is -0.425. The molecule has 0 radical (unpaired) electrons. The van der Waals surface area contributed by atoms with E-state index in [0.717, 1.165) is 23.5 Å². The van der Waals surface area contributed by atoms with E-state index < -0.39 is 5.54 Å². The number of aromatic nitrogens is 1. The molecule has 1 saturated carbocycles. The van der Waals surface area contributed by atoms with Crippen molar-refractivity contribution in [3.8, 4) is 0 Å². The fraction of sp³-hybridized carbons (Fsp3) is 0.765. The fourth-order valence-electron chi connectivity index (χ4n) is 3.28. The Kier molecular flexibility index (Phi) is 5.28. The first-order valence-electron chi connectivity index (χ1n) is 8.24. The van der Waals surface area contributed by atoms with Gasteiger partial charge in [-0.05, 0) is 52.5 Å². The molecular formula is C17H29N3OS. The number of hydrogen-bond donors (Lipinski definition) is 2. The Morgan fingerprint density at radius 1 is 1.32 bits per heavy atom. The Morgan fingerprint density at radius 3 is 2.45 bits per heavy atom. The van der Waals surface area contributed by atoms with E-state index in [9.17, 15) is 4.79 Å². The molecule has 0 saturated heterocycles. The van der Waals surface area contributed by atoms with Gasteiger partial charge in [-0.25, -0.2) is 4.98 Å². The number of carbonyl (C=O) groups is 1. The number of aryl methyl sites for hydroxylation is 2. The zero-order chi connectivity index (χ0) is 16.4. The maximum absolute atomic E-state index is 12.6. The Labute approximate surface area is 137 Å². The van der Waals surface area contributed by atoms with E-state index in [1.807, 2.05) is 20.8 Å². The summed E-state index contributed by atoms with van der Waals surface area (Å²) in [5, 5.41) is 4.15.